The predicted molar refractivity (Wildman–Crippen MR) is 113 cm³/mol. The van der Waals surface area contributed by atoms with E-state index in [1.165, 1.54) is 0 Å². The van der Waals surface area contributed by atoms with Crippen molar-refractivity contribution in [3.8, 4) is 17.4 Å². The van der Waals surface area contributed by atoms with E-state index in [4.69, 9.17) is 9.47 Å². The van der Waals surface area contributed by atoms with Gasteiger partial charge >= 0.3 is 6.01 Å². The van der Waals surface area contributed by atoms with Crippen LogP contribution in [0.3, 0.4) is 0 Å². The summed E-state index contributed by atoms with van der Waals surface area (Å²) in [5, 5.41) is 4.57. The summed E-state index contributed by atoms with van der Waals surface area (Å²) in [6.45, 7) is 9.55. The van der Waals surface area contributed by atoms with Crippen LogP contribution in [-0.4, -0.2) is 44.7 Å². The highest BCUT2D eigenvalue weighted by molar-refractivity contribution is 9.10. The minimum atomic E-state index is 0.0248. The number of halogens is 1. The lowest BCUT2D eigenvalue weighted by Gasteiger charge is -2.20. The van der Waals surface area contributed by atoms with Crippen LogP contribution in [0.1, 0.15) is 34.1 Å². The van der Waals surface area contributed by atoms with Gasteiger partial charge in [0.25, 0.3) is 0 Å². The van der Waals surface area contributed by atoms with Gasteiger partial charge in [0.15, 0.2) is 5.82 Å². The van der Waals surface area contributed by atoms with Crippen molar-refractivity contribution in [2.45, 2.75) is 51.7 Å². The summed E-state index contributed by atoms with van der Waals surface area (Å²) in [5.74, 6) is 0.640. The number of ether oxygens (including phenoxy) is 2. The molecule has 144 valence electrons. The molecule has 5 nitrogen and oxygen atoms in total. The van der Waals surface area contributed by atoms with E-state index in [0.717, 1.165) is 16.5 Å². The first-order valence-electron chi connectivity index (χ1n) is 8.72. The van der Waals surface area contributed by atoms with Crippen LogP contribution in [0.4, 0.5) is 0 Å². The summed E-state index contributed by atoms with van der Waals surface area (Å²) in [7, 11) is 0.348. The summed E-state index contributed by atoms with van der Waals surface area (Å²) >= 11 is 3.45. The molecular formula is C19H29BrN3O2S+. The summed E-state index contributed by atoms with van der Waals surface area (Å²) in [6, 6.07) is 8.41. The van der Waals surface area contributed by atoms with Crippen LogP contribution < -0.4 is 4.74 Å². The minimum Gasteiger partial charge on any atom is -0.461 e. The Kier molecular flexibility index (Phi) is 7.55. The van der Waals surface area contributed by atoms with E-state index < -0.39 is 0 Å². The maximum Gasteiger partial charge on any atom is 0.317 e. The third kappa shape index (κ3) is 5.99. The Balaban J connectivity index is 2.07. The third-order valence-electron chi connectivity index (χ3n) is 4.25. The van der Waals surface area contributed by atoms with E-state index in [1.807, 2.05) is 38.1 Å². The molecule has 0 spiro atoms. The fourth-order valence-electron chi connectivity index (χ4n) is 2.10. The molecule has 2 rings (SSSR count). The molecule has 0 bridgehead atoms. The normalized spacial score (nSPS) is 12.2. The fraction of sp³-hybridized carbons (Fsp3) is 0.579. The summed E-state index contributed by atoms with van der Waals surface area (Å²) in [6.07, 6.45) is 5.59. The van der Waals surface area contributed by atoms with E-state index in [1.54, 1.807) is 4.68 Å². The monoisotopic (exact) mass is 442 g/mol. The number of aromatic nitrogens is 3. The second-order valence-electron chi connectivity index (χ2n) is 7.25. The van der Waals surface area contributed by atoms with E-state index in [9.17, 15) is 0 Å². The summed E-state index contributed by atoms with van der Waals surface area (Å²) in [4.78, 5) is 4.54. The smallest absolute Gasteiger partial charge is 0.317 e. The lowest BCUT2D eigenvalue weighted by Crippen LogP contribution is -2.31. The maximum atomic E-state index is 5.87. The molecule has 0 aliphatic rings. The third-order valence-corrected chi connectivity index (χ3v) is 7.19. The van der Waals surface area contributed by atoms with Crippen molar-refractivity contribution in [3.05, 3.63) is 28.7 Å². The molecule has 0 saturated carbocycles. The van der Waals surface area contributed by atoms with Gasteiger partial charge in [-0.15, -0.1) is 5.10 Å². The van der Waals surface area contributed by atoms with Gasteiger partial charge in [-0.3, -0.25) is 0 Å². The van der Waals surface area contributed by atoms with Crippen LogP contribution in [0.5, 0.6) is 6.01 Å². The largest absolute Gasteiger partial charge is 0.461 e. The average molecular weight is 443 g/mol. The molecule has 0 radical (unpaired) electrons. The van der Waals surface area contributed by atoms with Crippen LogP contribution in [0.25, 0.3) is 11.4 Å². The van der Waals surface area contributed by atoms with E-state index in [-0.39, 0.29) is 10.9 Å². The van der Waals surface area contributed by atoms with Gasteiger partial charge < -0.3 is 9.47 Å². The van der Waals surface area contributed by atoms with Gasteiger partial charge in [-0.05, 0) is 50.7 Å². The zero-order valence-corrected chi connectivity index (χ0v) is 18.9. The van der Waals surface area contributed by atoms with Crippen LogP contribution in [0, 0.1) is 0 Å². The highest BCUT2D eigenvalue weighted by Gasteiger charge is 2.30. The number of hydrogen-bond acceptors (Lipinski definition) is 4. The molecule has 0 fully saturated rings. The van der Waals surface area contributed by atoms with Gasteiger partial charge in [-0.25, -0.2) is 0 Å². The molecule has 7 heteroatoms. The van der Waals surface area contributed by atoms with Crippen molar-refractivity contribution in [3.63, 3.8) is 0 Å². The van der Waals surface area contributed by atoms with Gasteiger partial charge in [-0.2, -0.15) is 9.67 Å². The number of benzene rings is 1. The first-order chi connectivity index (χ1) is 12.2. The first kappa shape index (κ1) is 21.3. The molecule has 0 saturated heterocycles. The standard InChI is InChI=1S/C19H29BrN3O2S/c1-14(2)25-18-21-17(15-7-9-16(20)10-8-15)22-23(18)13-24-12-11-19(3,4)26(5)6/h7-10,14H,11-13H2,1-6H3/q+1. The van der Waals surface area contributed by atoms with Crippen LogP contribution >= 0.6 is 15.9 Å². The zero-order valence-electron chi connectivity index (χ0n) is 16.5. The Hall–Kier alpha value is -1.05. The van der Waals surface area contributed by atoms with E-state index in [0.29, 0.717) is 36.1 Å². The van der Waals surface area contributed by atoms with Crippen LogP contribution in [0.2, 0.25) is 0 Å². The van der Waals surface area contributed by atoms with Crippen LogP contribution in [-0.2, 0) is 22.4 Å². The maximum absolute atomic E-state index is 5.87. The Bertz CT molecular complexity index is 699. The molecule has 0 aliphatic heterocycles. The van der Waals surface area contributed by atoms with Gasteiger partial charge in [0.05, 0.1) is 25.2 Å². The number of nitrogens with zero attached hydrogens (tertiary/aromatic N) is 3. The van der Waals surface area contributed by atoms with Crippen molar-refractivity contribution in [1.82, 2.24) is 14.8 Å². The van der Waals surface area contributed by atoms with E-state index >= 15 is 0 Å². The molecule has 1 aromatic carbocycles. The van der Waals surface area contributed by atoms with Gasteiger partial charge in [0.2, 0.25) is 0 Å². The highest BCUT2D eigenvalue weighted by Crippen LogP contribution is 2.23. The molecule has 0 unspecified atom stereocenters. The minimum absolute atomic E-state index is 0.0248. The summed E-state index contributed by atoms with van der Waals surface area (Å²) < 4.78 is 14.7. The molecule has 2 aromatic rings. The molecule has 0 N–H and O–H groups in total. The second kappa shape index (κ2) is 9.24. The molecule has 0 amide bonds. The molecule has 0 atom stereocenters. The first-order valence-corrected chi connectivity index (χ1v) is 11.6. The Labute approximate surface area is 168 Å². The lowest BCUT2D eigenvalue weighted by molar-refractivity contribution is 0.0530. The lowest BCUT2D eigenvalue weighted by atomic mass is 10.1. The van der Waals surface area contributed by atoms with Crippen molar-refractivity contribution < 1.29 is 9.47 Å². The molecule has 0 aliphatic carbocycles. The fourth-order valence-corrected chi connectivity index (χ4v) is 2.86. The van der Waals surface area contributed by atoms with Crippen LogP contribution in [0.15, 0.2) is 28.7 Å². The predicted octanol–water partition coefficient (Wildman–Crippen LogP) is 4.52. The topological polar surface area (TPSA) is 49.2 Å². The van der Waals surface area contributed by atoms with Crippen molar-refractivity contribution >= 4 is 26.8 Å². The van der Waals surface area contributed by atoms with E-state index in [2.05, 4.69) is 52.4 Å². The van der Waals surface area contributed by atoms with Crippen molar-refractivity contribution in [2.24, 2.45) is 0 Å². The molecule has 1 aromatic heterocycles. The van der Waals surface area contributed by atoms with Gasteiger partial charge in [-0.1, -0.05) is 28.1 Å². The average Bonchev–Trinajstić information content (AvgIpc) is 2.94. The number of rotatable bonds is 9. The van der Waals surface area contributed by atoms with Gasteiger partial charge in [0.1, 0.15) is 11.5 Å². The van der Waals surface area contributed by atoms with Crippen molar-refractivity contribution in [2.75, 3.05) is 19.1 Å². The Morgan fingerprint density at radius 2 is 1.85 bits per heavy atom. The highest BCUT2D eigenvalue weighted by atomic mass is 79.9. The quantitative estimate of drug-likeness (QED) is 0.423. The summed E-state index contributed by atoms with van der Waals surface area (Å²) in [5.41, 5.74) is 0.947. The Morgan fingerprint density at radius 1 is 1.19 bits per heavy atom. The SMILES string of the molecule is CC(C)Oc1nc(-c2ccc(Br)cc2)nn1COCCC(C)(C)[S+](C)C. The Morgan fingerprint density at radius 3 is 2.42 bits per heavy atom. The van der Waals surface area contributed by atoms with Gasteiger partial charge in [0, 0.05) is 16.5 Å². The van der Waals surface area contributed by atoms with Crippen molar-refractivity contribution in [1.29, 1.82) is 0 Å². The zero-order chi connectivity index (χ0) is 19.3. The molecule has 26 heavy (non-hydrogen) atoms. The molecule has 1 heterocycles. The number of hydrogen-bond donors (Lipinski definition) is 0. The second-order valence-corrected chi connectivity index (χ2v) is 10.9. The molecular weight excluding hydrogens is 414 g/mol.